The van der Waals surface area contributed by atoms with Gasteiger partial charge in [-0.2, -0.15) is 4.39 Å². The van der Waals surface area contributed by atoms with Crippen molar-refractivity contribution in [1.82, 2.24) is 4.98 Å². The van der Waals surface area contributed by atoms with Crippen LogP contribution in [0.3, 0.4) is 0 Å². The fourth-order valence-corrected chi connectivity index (χ4v) is 1.04. The van der Waals surface area contributed by atoms with Crippen LogP contribution in [-0.2, 0) is 0 Å². The predicted octanol–water partition coefficient (Wildman–Crippen LogP) is 1.76. The van der Waals surface area contributed by atoms with Crippen LogP contribution in [0.15, 0.2) is 6.07 Å². The number of aromatic nitrogens is 1. The highest BCUT2D eigenvalue weighted by Gasteiger charge is 2.30. The van der Waals surface area contributed by atoms with E-state index in [0.29, 0.717) is 0 Å². The Morgan fingerprint density at radius 3 is 2.50 bits per heavy atom. The Labute approximate surface area is 85.5 Å². The number of carbonyl (C=O) groups is 1. The van der Waals surface area contributed by atoms with Crippen molar-refractivity contribution in [2.75, 3.05) is 0 Å². The van der Waals surface area contributed by atoms with Gasteiger partial charge in [-0.25, -0.2) is 18.6 Å². The zero-order chi connectivity index (χ0) is 12.5. The van der Waals surface area contributed by atoms with Crippen LogP contribution in [0, 0.1) is 16.1 Å². The standard InChI is InChI=1S/C7H3F3N2O4/c8-3-1-2(12(15)16)4(7(13)14)5(11-3)6(9)10/h1,6H,(H,13,14). The predicted molar refractivity (Wildman–Crippen MR) is 42.8 cm³/mol. The van der Waals surface area contributed by atoms with Crippen molar-refractivity contribution in [3.63, 3.8) is 0 Å². The molecular formula is C7H3F3N2O4. The fourth-order valence-electron chi connectivity index (χ4n) is 1.04. The van der Waals surface area contributed by atoms with Gasteiger partial charge in [-0.05, 0) is 0 Å². The van der Waals surface area contributed by atoms with E-state index in [1.807, 2.05) is 0 Å². The Balaban J connectivity index is 3.60. The van der Waals surface area contributed by atoms with Crippen molar-refractivity contribution < 1.29 is 28.0 Å². The smallest absolute Gasteiger partial charge is 0.344 e. The number of nitrogens with zero attached hydrogens (tertiary/aromatic N) is 2. The zero-order valence-corrected chi connectivity index (χ0v) is 7.35. The highest BCUT2D eigenvalue weighted by Crippen LogP contribution is 2.28. The molecule has 0 aliphatic carbocycles. The third-order valence-corrected chi connectivity index (χ3v) is 1.61. The molecule has 0 aliphatic rings. The number of hydrogen-bond donors (Lipinski definition) is 1. The average Bonchev–Trinajstić information content (AvgIpc) is 2.15. The Hall–Kier alpha value is -2.19. The van der Waals surface area contributed by atoms with Crippen LogP contribution in [0.2, 0.25) is 0 Å². The van der Waals surface area contributed by atoms with Gasteiger partial charge in [0.1, 0.15) is 5.69 Å². The number of rotatable bonds is 3. The van der Waals surface area contributed by atoms with E-state index in [2.05, 4.69) is 4.98 Å². The summed E-state index contributed by atoms with van der Waals surface area (Å²) in [6, 6.07) is 0.176. The van der Waals surface area contributed by atoms with E-state index >= 15 is 0 Å². The van der Waals surface area contributed by atoms with Crippen LogP contribution >= 0.6 is 0 Å². The van der Waals surface area contributed by atoms with Gasteiger partial charge in [0.2, 0.25) is 5.95 Å². The molecule has 1 rings (SSSR count). The minimum atomic E-state index is -3.42. The molecule has 0 radical (unpaired) electrons. The number of halogens is 3. The normalized spacial score (nSPS) is 10.5. The summed E-state index contributed by atoms with van der Waals surface area (Å²) in [5, 5.41) is 18.9. The van der Waals surface area contributed by atoms with Crippen molar-refractivity contribution in [2.24, 2.45) is 0 Å². The van der Waals surface area contributed by atoms with Crippen LogP contribution < -0.4 is 0 Å². The van der Waals surface area contributed by atoms with Gasteiger partial charge < -0.3 is 5.11 Å². The first-order valence-corrected chi connectivity index (χ1v) is 3.71. The largest absolute Gasteiger partial charge is 0.477 e. The first-order chi connectivity index (χ1) is 7.34. The minimum absolute atomic E-state index is 0.176. The minimum Gasteiger partial charge on any atom is -0.477 e. The van der Waals surface area contributed by atoms with Gasteiger partial charge in [0, 0.05) is 0 Å². The van der Waals surface area contributed by atoms with Crippen molar-refractivity contribution in [1.29, 1.82) is 0 Å². The van der Waals surface area contributed by atoms with E-state index in [4.69, 9.17) is 5.11 Å². The summed E-state index contributed by atoms with van der Waals surface area (Å²) in [6.45, 7) is 0. The number of pyridine rings is 1. The second-order valence-corrected chi connectivity index (χ2v) is 2.59. The second kappa shape index (κ2) is 4.13. The van der Waals surface area contributed by atoms with Gasteiger partial charge in [-0.3, -0.25) is 10.1 Å². The molecule has 0 atom stereocenters. The maximum absolute atomic E-state index is 12.6. The summed E-state index contributed by atoms with van der Waals surface area (Å²) in [4.78, 5) is 22.3. The third-order valence-electron chi connectivity index (χ3n) is 1.61. The Morgan fingerprint density at radius 1 is 1.56 bits per heavy atom. The number of nitro groups is 1. The van der Waals surface area contributed by atoms with Crippen molar-refractivity contribution >= 4 is 11.7 Å². The molecule has 1 aromatic heterocycles. The fraction of sp³-hybridized carbons (Fsp3) is 0.143. The molecule has 1 aromatic rings. The summed E-state index contributed by atoms with van der Waals surface area (Å²) >= 11 is 0. The lowest BCUT2D eigenvalue weighted by atomic mass is 10.1. The molecule has 0 amide bonds. The van der Waals surface area contributed by atoms with E-state index in [1.54, 1.807) is 0 Å². The Kier molecular flexibility index (Phi) is 3.06. The van der Waals surface area contributed by atoms with Gasteiger partial charge >= 0.3 is 5.97 Å². The summed E-state index contributed by atoms with van der Waals surface area (Å²) < 4.78 is 37.2. The maximum atomic E-state index is 12.6. The third kappa shape index (κ3) is 2.07. The molecule has 1 N–H and O–H groups in total. The van der Waals surface area contributed by atoms with E-state index < -0.39 is 40.2 Å². The zero-order valence-electron chi connectivity index (χ0n) is 7.35. The molecule has 0 aromatic carbocycles. The monoisotopic (exact) mass is 236 g/mol. The van der Waals surface area contributed by atoms with Crippen LogP contribution in [-0.4, -0.2) is 21.0 Å². The molecule has 0 aliphatic heterocycles. The molecule has 16 heavy (non-hydrogen) atoms. The van der Waals surface area contributed by atoms with Gasteiger partial charge in [-0.15, -0.1) is 0 Å². The van der Waals surface area contributed by atoms with E-state index in [1.165, 1.54) is 0 Å². The lowest BCUT2D eigenvalue weighted by molar-refractivity contribution is -0.385. The lowest BCUT2D eigenvalue weighted by Crippen LogP contribution is -2.11. The van der Waals surface area contributed by atoms with E-state index in [0.717, 1.165) is 0 Å². The lowest BCUT2D eigenvalue weighted by Gasteiger charge is -2.04. The quantitative estimate of drug-likeness (QED) is 0.490. The molecule has 86 valence electrons. The van der Waals surface area contributed by atoms with Gasteiger partial charge in [0.15, 0.2) is 5.56 Å². The van der Waals surface area contributed by atoms with Gasteiger partial charge in [0.05, 0.1) is 11.0 Å². The van der Waals surface area contributed by atoms with Crippen molar-refractivity contribution in [3.8, 4) is 0 Å². The number of hydrogen-bond acceptors (Lipinski definition) is 4. The first kappa shape index (κ1) is 11.9. The maximum Gasteiger partial charge on any atom is 0.344 e. The Bertz CT molecular complexity index is 463. The number of alkyl halides is 2. The van der Waals surface area contributed by atoms with Crippen LogP contribution in [0.4, 0.5) is 18.9 Å². The highest BCUT2D eigenvalue weighted by molar-refractivity contribution is 5.93. The summed E-state index contributed by atoms with van der Waals surface area (Å²) in [5.74, 6) is -3.50. The van der Waals surface area contributed by atoms with Crippen molar-refractivity contribution in [3.05, 3.63) is 33.4 Å². The molecule has 1 heterocycles. The SMILES string of the molecule is O=C(O)c1c([N+](=O)[O-])cc(F)nc1C(F)F. The summed E-state index contributed by atoms with van der Waals surface area (Å²) in [7, 11) is 0. The molecule has 0 saturated heterocycles. The number of aromatic carboxylic acids is 1. The van der Waals surface area contributed by atoms with Crippen LogP contribution in [0.25, 0.3) is 0 Å². The number of carboxylic acids is 1. The molecule has 0 bridgehead atoms. The molecule has 0 spiro atoms. The highest BCUT2D eigenvalue weighted by atomic mass is 19.3. The topological polar surface area (TPSA) is 93.3 Å². The average molecular weight is 236 g/mol. The number of carboxylic acid groups (broad SMARTS) is 1. The van der Waals surface area contributed by atoms with Crippen LogP contribution in [0.5, 0.6) is 0 Å². The van der Waals surface area contributed by atoms with Gasteiger partial charge in [-0.1, -0.05) is 0 Å². The molecule has 0 saturated carbocycles. The van der Waals surface area contributed by atoms with Crippen molar-refractivity contribution in [2.45, 2.75) is 6.43 Å². The molecule has 0 fully saturated rings. The summed E-state index contributed by atoms with van der Waals surface area (Å²) in [6.07, 6.45) is -3.42. The molecular weight excluding hydrogens is 233 g/mol. The van der Waals surface area contributed by atoms with E-state index in [9.17, 15) is 28.1 Å². The molecule has 0 unspecified atom stereocenters. The molecule has 9 heteroatoms. The van der Waals surface area contributed by atoms with Crippen LogP contribution in [0.1, 0.15) is 22.5 Å². The first-order valence-electron chi connectivity index (χ1n) is 3.71. The second-order valence-electron chi connectivity index (χ2n) is 2.59. The van der Waals surface area contributed by atoms with E-state index in [-0.39, 0.29) is 6.07 Å². The Morgan fingerprint density at radius 2 is 2.12 bits per heavy atom. The summed E-state index contributed by atoms with van der Waals surface area (Å²) in [5.41, 5.74) is -4.02. The van der Waals surface area contributed by atoms with Gasteiger partial charge in [0.25, 0.3) is 12.1 Å². The molecule has 6 nitrogen and oxygen atoms in total.